The Morgan fingerprint density at radius 3 is 2.06 bits per heavy atom. The van der Waals surface area contributed by atoms with Crippen LogP contribution in [-0.2, 0) is 30.7 Å². The van der Waals surface area contributed by atoms with E-state index in [4.69, 9.17) is 4.79 Å². The average molecular weight is 392 g/mol. The molecule has 0 aliphatic heterocycles. The molecule has 1 aromatic rings. The number of rotatable bonds is 1. The number of nitrogens with zero attached hydrogens (tertiary/aromatic N) is 2. The first-order chi connectivity index (χ1) is 7.20. The Labute approximate surface area is 110 Å². The van der Waals surface area contributed by atoms with Crippen molar-refractivity contribution in [2.45, 2.75) is 13.3 Å². The molecule has 0 aliphatic rings. The summed E-state index contributed by atoms with van der Waals surface area (Å²) in [6.07, 6.45) is 6.19. The molecule has 0 saturated heterocycles. The molecule has 1 heterocycles. The molecule has 1 aromatic heterocycles. The SMILES string of the molecule is Cc1cn[c-]nc1.[CH-]=O.[CH2-]CC(=O)NC.[W]. The van der Waals surface area contributed by atoms with Gasteiger partial charge in [-0.1, -0.05) is 19.3 Å². The maximum absolute atomic E-state index is 10.0. The largest absolute Gasteiger partial charge is 0.545 e. The third-order valence-electron chi connectivity index (χ3n) is 1.16. The van der Waals surface area contributed by atoms with E-state index in [-0.39, 0.29) is 27.0 Å². The minimum Gasteiger partial charge on any atom is -0.545 e. The summed E-state index contributed by atoms with van der Waals surface area (Å²) in [5, 5.41) is 2.41. The molecule has 0 bridgehead atoms. The fourth-order valence-corrected chi connectivity index (χ4v) is 0.453. The number of aryl methyl sites for hydroxylation is 1. The van der Waals surface area contributed by atoms with E-state index in [1.807, 2.05) is 6.92 Å². The Morgan fingerprint density at radius 2 is 1.94 bits per heavy atom. The second kappa shape index (κ2) is 16.3. The zero-order chi connectivity index (χ0) is 12.1. The van der Waals surface area contributed by atoms with Crippen LogP contribution in [0.2, 0.25) is 0 Å². The van der Waals surface area contributed by atoms with E-state index in [1.54, 1.807) is 19.4 Å². The fraction of sp³-hybridized carbons (Fsp3) is 0.300. The number of aromatic nitrogens is 2. The molecule has 0 saturated carbocycles. The van der Waals surface area contributed by atoms with Gasteiger partial charge in [0, 0.05) is 34.4 Å². The molecule has 5 nitrogen and oxygen atoms in total. The summed E-state index contributed by atoms with van der Waals surface area (Å²) < 4.78 is 0. The van der Waals surface area contributed by atoms with Gasteiger partial charge in [0.05, 0.1) is 0 Å². The van der Waals surface area contributed by atoms with E-state index in [0.717, 1.165) is 5.56 Å². The first-order valence-electron chi connectivity index (χ1n) is 4.08. The van der Waals surface area contributed by atoms with Crippen LogP contribution in [0.25, 0.3) is 0 Å². The summed E-state index contributed by atoms with van der Waals surface area (Å²) in [5.74, 6) is -0.0185. The standard InChI is InChI=1S/C5H5N2.C4H8NO.CHO.W/c1-5-2-6-4-7-3-5;1-3-4(6)5-2;1-2;/h2-3H,1H3;1,3H2,2H3,(H,5,6);1H;/q3*-1;. The molecule has 0 fully saturated rings. The minimum atomic E-state index is -0.0185. The summed E-state index contributed by atoms with van der Waals surface area (Å²) in [6.45, 7) is 8.53. The van der Waals surface area contributed by atoms with Crippen LogP contribution >= 0.6 is 0 Å². The first-order valence-corrected chi connectivity index (χ1v) is 4.08. The maximum Gasteiger partial charge on any atom is 0.189 e. The predicted octanol–water partition coefficient (Wildman–Crippen LogP) is 0.265. The second-order valence-electron chi connectivity index (χ2n) is 2.28. The summed E-state index contributed by atoms with van der Waals surface area (Å²) in [4.78, 5) is 25.1. The normalized spacial score (nSPS) is 6.94. The number of carbonyl (C=O) groups is 1. The average Bonchev–Trinajstić information content (AvgIpc) is 2.32. The molecule has 6 heteroatoms. The number of amides is 1. The van der Waals surface area contributed by atoms with Gasteiger partial charge in [-0.15, -0.1) is 12.0 Å². The Morgan fingerprint density at radius 1 is 1.50 bits per heavy atom. The van der Waals surface area contributed by atoms with Gasteiger partial charge in [0.1, 0.15) is 0 Å². The van der Waals surface area contributed by atoms with Gasteiger partial charge < -0.3 is 27.0 Å². The van der Waals surface area contributed by atoms with Crippen molar-refractivity contribution in [3.8, 4) is 0 Å². The summed E-state index contributed by atoms with van der Waals surface area (Å²) >= 11 is 0. The third-order valence-corrected chi connectivity index (χ3v) is 1.16. The van der Waals surface area contributed by atoms with Crippen LogP contribution in [0.15, 0.2) is 12.4 Å². The molecule has 0 atom stereocenters. The van der Waals surface area contributed by atoms with E-state index in [9.17, 15) is 4.79 Å². The zero-order valence-corrected chi connectivity index (χ0v) is 12.2. The van der Waals surface area contributed by atoms with Crippen molar-refractivity contribution in [2.24, 2.45) is 0 Å². The topological polar surface area (TPSA) is 72.0 Å². The molecule has 1 rings (SSSR count). The van der Waals surface area contributed by atoms with Crippen LogP contribution in [-0.4, -0.2) is 29.7 Å². The molecule has 0 spiro atoms. The number of nitrogens with one attached hydrogen (secondary N) is 1. The van der Waals surface area contributed by atoms with Crippen LogP contribution in [0, 0.1) is 20.2 Å². The van der Waals surface area contributed by atoms with Gasteiger partial charge in [0.15, 0.2) is 5.91 Å². The van der Waals surface area contributed by atoms with Crippen molar-refractivity contribution in [3.63, 3.8) is 0 Å². The Hall–Kier alpha value is -1.09. The number of hydrogen-bond donors (Lipinski definition) is 1. The molecule has 0 unspecified atom stereocenters. The monoisotopic (exact) mass is 392 g/mol. The molecule has 1 N–H and O–H groups in total. The number of carbonyl (C=O) groups excluding carboxylic acids is 2. The minimum absolute atomic E-state index is 0. The molecule has 0 radical (unpaired) electrons. The third kappa shape index (κ3) is 15.4. The molecular formula is C10H14N3O2W-3. The van der Waals surface area contributed by atoms with Crippen molar-refractivity contribution >= 4 is 12.7 Å². The van der Waals surface area contributed by atoms with Crippen LogP contribution in [0.1, 0.15) is 12.0 Å². The van der Waals surface area contributed by atoms with E-state index < -0.39 is 0 Å². The quantitative estimate of drug-likeness (QED) is 0.550. The second-order valence-corrected chi connectivity index (χ2v) is 2.28. The van der Waals surface area contributed by atoms with Gasteiger partial charge in [0.25, 0.3) is 0 Å². The smallest absolute Gasteiger partial charge is 0.189 e. The van der Waals surface area contributed by atoms with Gasteiger partial charge in [-0.2, -0.15) is 0 Å². The van der Waals surface area contributed by atoms with Gasteiger partial charge in [0.2, 0.25) is 0 Å². The Balaban J connectivity index is -0.000000175. The Bertz CT molecular complexity index is 252. The van der Waals surface area contributed by atoms with Gasteiger partial charge in [-0.25, -0.2) is 0 Å². The molecule has 0 aromatic carbocycles. The van der Waals surface area contributed by atoms with Crippen molar-refractivity contribution in [1.29, 1.82) is 0 Å². The summed E-state index contributed by atoms with van der Waals surface area (Å²) in [6, 6.07) is 0. The van der Waals surface area contributed by atoms with Gasteiger partial charge in [-0.3, -0.25) is 11.6 Å². The van der Waals surface area contributed by atoms with Crippen molar-refractivity contribution < 1.29 is 30.7 Å². The molecule has 16 heavy (non-hydrogen) atoms. The van der Waals surface area contributed by atoms with E-state index in [2.05, 4.69) is 35.3 Å². The van der Waals surface area contributed by atoms with Crippen LogP contribution in [0.5, 0.6) is 0 Å². The van der Waals surface area contributed by atoms with Gasteiger partial charge >= 0.3 is 0 Å². The summed E-state index contributed by atoms with van der Waals surface area (Å²) in [7, 11) is 1.59. The fourth-order valence-electron chi connectivity index (χ4n) is 0.453. The molecular weight excluding hydrogens is 378 g/mol. The van der Waals surface area contributed by atoms with E-state index in [0.29, 0.717) is 6.42 Å². The van der Waals surface area contributed by atoms with E-state index in [1.165, 1.54) is 0 Å². The van der Waals surface area contributed by atoms with Crippen LogP contribution < -0.4 is 5.32 Å². The summed E-state index contributed by atoms with van der Waals surface area (Å²) in [5.41, 5.74) is 1.07. The van der Waals surface area contributed by atoms with E-state index >= 15 is 0 Å². The van der Waals surface area contributed by atoms with Crippen LogP contribution in [0.4, 0.5) is 0 Å². The molecule has 0 aliphatic carbocycles. The van der Waals surface area contributed by atoms with Crippen LogP contribution in [0.3, 0.4) is 0 Å². The van der Waals surface area contributed by atoms with Crippen molar-refractivity contribution in [1.82, 2.24) is 15.3 Å². The van der Waals surface area contributed by atoms with Gasteiger partial charge in [-0.05, 0) is 0 Å². The zero-order valence-electron chi connectivity index (χ0n) is 9.27. The molecule has 1 amide bonds. The van der Waals surface area contributed by atoms with Crippen molar-refractivity contribution in [3.05, 3.63) is 31.2 Å². The first kappa shape index (κ1) is 20.3. The number of hydrogen-bond acceptors (Lipinski definition) is 4. The molecule has 90 valence electrons. The predicted molar refractivity (Wildman–Crippen MR) is 56.4 cm³/mol. The van der Waals surface area contributed by atoms with Crippen molar-refractivity contribution in [2.75, 3.05) is 7.05 Å². The maximum atomic E-state index is 10.0. The Kier molecular flexibility index (Phi) is 20.8.